The maximum Gasteiger partial charge on any atom is 0.303 e. The van der Waals surface area contributed by atoms with Crippen LogP contribution in [0.15, 0.2) is 30.3 Å². The molecule has 0 fully saturated rings. The first-order chi connectivity index (χ1) is 9.36. The Hall–Kier alpha value is -1.88. The van der Waals surface area contributed by atoms with E-state index >= 15 is 0 Å². The first kappa shape index (κ1) is 16.2. The van der Waals surface area contributed by atoms with Crippen LogP contribution in [0.3, 0.4) is 0 Å². The zero-order valence-corrected chi connectivity index (χ0v) is 12.1. The summed E-state index contributed by atoms with van der Waals surface area (Å²) >= 11 is 0. The van der Waals surface area contributed by atoms with Gasteiger partial charge in [0.15, 0.2) is 0 Å². The number of carboxylic acids is 1. The van der Waals surface area contributed by atoms with E-state index in [2.05, 4.69) is 10.6 Å². The number of rotatable bonds is 7. The molecule has 0 aromatic heterocycles. The Morgan fingerprint density at radius 2 is 1.85 bits per heavy atom. The largest absolute Gasteiger partial charge is 0.481 e. The van der Waals surface area contributed by atoms with Gasteiger partial charge in [0.1, 0.15) is 0 Å². The molecule has 1 aromatic rings. The third-order valence-corrected chi connectivity index (χ3v) is 3.35. The number of carbonyl (C=O) groups excluding carboxylic acids is 1. The molecule has 20 heavy (non-hydrogen) atoms. The summed E-state index contributed by atoms with van der Waals surface area (Å²) in [4.78, 5) is 23.0. The molecule has 0 saturated carbocycles. The van der Waals surface area contributed by atoms with Crippen molar-refractivity contribution in [1.82, 2.24) is 10.6 Å². The molecule has 5 nitrogen and oxygen atoms in total. The summed E-state index contributed by atoms with van der Waals surface area (Å²) in [6.07, 6.45) is 0.380. The molecule has 0 saturated heterocycles. The number of aliphatic carboxylic acids is 1. The second kappa shape index (κ2) is 7.05. The lowest BCUT2D eigenvalue weighted by molar-refractivity contribution is -0.137. The molecule has 1 unspecified atom stereocenters. The van der Waals surface area contributed by atoms with Crippen molar-refractivity contribution in [3.8, 4) is 0 Å². The highest BCUT2D eigenvalue weighted by atomic mass is 16.4. The van der Waals surface area contributed by atoms with Crippen LogP contribution < -0.4 is 10.6 Å². The van der Waals surface area contributed by atoms with Crippen molar-refractivity contribution in [1.29, 1.82) is 0 Å². The highest BCUT2D eigenvalue weighted by Gasteiger charge is 2.27. The van der Waals surface area contributed by atoms with Crippen LogP contribution in [0.25, 0.3) is 0 Å². The van der Waals surface area contributed by atoms with Gasteiger partial charge in [-0.15, -0.1) is 0 Å². The second-order valence-corrected chi connectivity index (χ2v) is 5.24. The number of nitrogens with one attached hydrogen (secondary N) is 2. The Bertz CT molecular complexity index is 457. The van der Waals surface area contributed by atoms with Crippen molar-refractivity contribution in [3.05, 3.63) is 35.9 Å². The van der Waals surface area contributed by atoms with Crippen LogP contribution in [-0.4, -0.2) is 29.6 Å². The SMILES string of the molecule is CNC(C)(C)C(=O)NC(CCC(=O)O)c1ccccc1. The van der Waals surface area contributed by atoms with Crippen LogP contribution in [0.2, 0.25) is 0 Å². The number of carbonyl (C=O) groups is 2. The van der Waals surface area contributed by atoms with Crippen molar-refractivity contribution in [2.45, 2.75) is 38.3 Å². The molecule has 1 rings (SSSR count). The molecule has 0 heterocycles. The Kier molecular flexibility index (Phi) is 5.70. The van der Waals surface area contributed by atoms with Gasteiger partial charge >= 0.3 is 5.97 Å². The summed E-state index contributed by atoms with van der Waals surface area (Å²) in [5.74, 6) is -1.02. The lowest BCUT2D eigenvalue weighted by Crippen LogP contribution is -2.51. The fourth-order valence-corrected chi connectivity index (χ4v) is 1.73. The minimum atomic E-state index is -0.868. The standard InChI is InChI=1S/C15H22N2O3/c1-15(2,16-3)14(20)17-12(9-10-13(18)19)11-7-5-4-6-8-11/h4-8,12,16H,9-10H2,1-3H3,(H,17,20)(H,18,19). The van der Waals surface area contributed by atoms with Crippen LogP contribution in [0, 0.1) is 0 Å². The van der Waals surface area contributed by atoms with E-state index in [1.165, 1.54) is 0 Å². The van der Waals surface area contributed by atoms with Crippen LogP contribution in [0.5, 0.6) is 0 Å². The molecule has 3 N–H and O–H groups in total. The molecule has 1 aromatic carbocycles. The van der Waals surface area contributed by atoms with Gasteiger partial charge in [-0.2, -0.15) is 0 Å². The molecule has 5 heteroatoms. The molecule has 0 radical (unpaired) electrons. The van der Waals surface area contributed by atoms with Gasteiger partial charge in [-0.25, -0.2) is 0 Å². The minimum absolute atomic E-state index is 0.0137. The highest BCUT2D eigenvalue weighted by molar-refractivity contribution is 5.85. The number of hydrogen-bond donors (Lipinski definition) is 3. The Labute approximate surface area is 119 Å². The fraction of sp³-hybridized carbons (Fsp3) is 0.467. The predicted molar refractivity (Wildman–Crippen MR) is 77.3 cm³/mol. The number of benzene rings is 1. The molecule has 0 aliphatic rings. The Morgan fingerprint density at radius 1 is 1.25 bits per heavy atom. The quantitative estimate of drug-likeness (QED) is 0.709. The van der Waals surface area contributed by atoms with Gasteiger partial charge in [-0.3, -0.25) is 9.59 Å². The average molecular weight is 278 g/mol. The lowest BCUT2D eigenvalue weighted by Gasteiger charge is -2.27. The van der Waals surface area contributed by atoms with Crippen molar-refractivity contribution in [2.24, 2.45) is 0 Å². The molecule has 1 amide bonds. The van der Waals surface area contributed by atoms with E-state index in [9.17, 15) is 9.59 Å². The van der Waals surface area contributed by atoms with Crippen LogP contribution in [-0.2, 0) is 9.59 Å². The number of amides is 1. The lowest BCUT2D eigenvalue weighted by atomic mass is 9.99. The first-order valence-electron chi connectivity index (χ1n) is 6.63. The summed E-state index contributed by atoms with van der Waals surface area (Å²) in [5, 5.41) is 14.7. The number of carboxylic acid groups (broad SMARTS) is 1. The van der Waals surface area contributed by atoms with Gasteiger partial charge < -0.3 is 15.7 Å². The highest BCUT2D eigenvalue weighted by Crippen LogP contribution is 2.19. The van der Waals surface area contributed by atoms with Gasteiger partial charge in [-0.1, -0.05) is 30.3 Å². The first-order valence-corrected chi connectivity index (χ1v) is 6.63. The third kappa shape index (κ3) is 4.66. The van der Waals surface area contributed by atoms with Crippen molar-refractivity contribution >= 4 is 11.9 Å². The summed E-state index contributed by atoms with van der Waals surface area (Å²) in [5.41, 5.74) is 0.213. The topological polar surface area (TPSA) is 78.4 Å². The van der Waals surface area contributed by atoms with Gasteiger partial charge in [0, 0.05) is 6.42 Å². The van der Waals surface area contributed by atoms with Gasteiger partial charge in [0.2, 0.25) is 5.91 Å². The van der Waals surface area contributed by atoms with E-state index in [0.29, 0.717) is 6.42 Å². The van der Waals surface area contributed by atoms with E-state index in [0.717, 1.165) is 5.56 Å². The van der Waals surface area contributed by atoms with Gasteiger partial charge in [-0.05, 0) is 32.9 Å². The molecular weight excluding hydrogens is 256 g/mol. The maximum atomic E-state index is 12.2. The molecule has 0 spiro atoms. The fourth-order valence-electron chi connectivity index (χ4n) is 1.73. The van der Waals surface area contributed by atoms with Crippen LogP contribution in [0.4, 0.5) is 0 Å². The zero-order chi connectivity index (χ0) is 15.2. The van der Waals surface area contributed by atoms with E-state index in [4.69, 9.17) is 5.11 Å². The monoisotopic (exact) mass is 278 g/mol. The van der Waals surface area contributed by atoms with E-state index in [1.54, 1.807) is 20.9 Å². The Balaban J connectivity index is 2.83. The minimum Gasteiger partial charge on any atom is -0.481 e. The maximum absolute atomic E-state index is 12.2. The number of hydrogen-bond acceptors (Lipinski definition) is 3. The summed E-state index contributed by atoms with van der Waals surface area (Å²) in [6, 6.07) is 9.11. The summed E-state index contributed by atoms with van der Waals surface area (Å²) < 4.78 is 0. The second-order valence-electron chi connectivity index (χ2n) is 5.24. The summed E-state index contributed by atoms with van der Waals surface area (Å²) in [7, 11) is 1.72. The smallest absolute Gasteiger partial charge is 0.303 e. The van der Waals surface area contributed by atoms with Crippen LogP contribution >= 0.6 is 0 Å². The normalized spacial score (nSPS) is 12.8. The average Bonchev–Trinajstić information content (AvgIpc) is 2.43. The molecule has 1 atom stereocenters. The Morgan fingerprint density at radius 3 is 2.35 bits per heavy atom. The molecule has 0 aliphatic carbocycles. The predicted octanol–water partition coefficient (Wildman–Crippen LogP) is 1.71. The molecule has 0 bridgehead atoms. The molecule has 110 valence electrons. The van der Waals surface area contributed by atoms with Gasteiger partial charge in [0.05, 0.1) is 11.6 Å². The van der Waals surface area contributed by atoms with Crippen molar-refractivity contribution in [3.63, 3.8) is 0 Å². The molecule has 0 aliphatic heterocycles. The van der Waals surface area contributed by atoms with Crippen molar-refractivity contribution < 1.29 is 14.7 Å². The van der Waals surface area contributed by atoms with E-state index < -0.39 is 11.5 Å². The van der Waals surface area contributed by atoms with Crippen molar-refractivity contribution in [2.75, 3.05) is 7.05 Å². The number of likely N-dealkylation sites (N-methyl/N-ethyl adjacent to an activating group) is 1. The van der Waals surface area contributed by atoms with Crippen LogP contribution in [0.1, 0.15) is 38.3 Å². The van der Waals surface area contributed by atoms with Gasteiger partial charge in [0.25, 0.3) is 0 Å². The summed E-state index contributed by atoms with van der Waals surface area (Å²) in [6.45, 7) is 3.56. The molecular formula is C15H22N2O3. The van der Waals surface area contributed by atoms with E-state index in [-0.39, 0.29) is 18.4 Å². The third-order valence-electron chi connectivity index (χ3n) is 3.35. The van der Waals surface area contributed by atoms with E-state index in [1.807, 2.05) is 30.3 Å². The zero-order valence-electron chi connectivity index (χ0n) is 12.1.